The van der Waals surface area contributed by atoms with Gasteiger partial charge < -0.3 is 55.4 Å². The number of aryl methyl sites for hydroxylation is 1. The number of piperazine rings is 2. The number of carbonyl (C=O) groups is 4. The number of nitrogens with two attached hydrogens (primary N) is 1. The van der Waals surface area contributed by atoms with Gasteiger partial charge in [0, 0.05) is 148 Å². The van der Waals surface area contributed by atoms with Gasteiger partial charge in [0.15, 0.2) is 16.8 Å². The zero-order valence-corrected chi connectivity index (χ0v) is 62.5. The van der Waals surface area contributed by atoms with Crippen molar-refractivity contribution in [3.8, 4) is 45.7 Å². The van der Waals surface area contributed by atoms with Crippen molar-refractivity contribution in [3.05, 3.63) is 114 Å². The standard InChI is InChI=1S/C80H107N17O6/c1-12-57-24-22-53(3)70(98)20-15-40-102-61-19-14-18-55(42-61)77-88-68-45-54(75-84-64-27-25-59(46-66(64)86-75)93-36-32-91(10)33-37-93)23-29-69(68)97(77)52-79(7,8)63-44-56(76-85-65-28-26-60(47-67(65)87-76)94-38-34-92(11)35-39-94)43-62(78(4,5)6)74(63)103-41-16-21-73(101)82-30-17-31-96-50-58(89-90-96)49-95(51-72(81)100)80(9,13-2)71(99)48-83-57/h14,18-19,23,25-29,42-47,50,53,57,83H,12-13,15-17,20-22,24,30-41,48-49,51-52H2,1-11H3,(H5,81,82,84,85,86,87,100,101)/p+1. The molecule has 0 radical (unpaired) electrons. The number of primary amides is 1. The van der Waals surface area contributed by atoms with Crippen LogP contribution in [0, 0.1) is 5.92 Å². The van der Waals surface area contributed by atoms with Crippen molar-refractivity contribution in [3.63, 3.8) is 0 Å². The maximum Gasteiger partial charge on any atom is 0.287 e. The summed E-state index contributed by atoms with van der Waals surface area (Å²) in [5.41, 5.74) is 17.2. The van der Waals surface area contributed by atoms with Crippen LogP contribution >= 0.6 is 0 Å². The lowest BCUT2D eigenvalue weighted by atomic mass is 9.77. The quantitative estimate of drug-likeness (QED) is 0.0773. The first-order chi connectivity index (χ1) is 49.4. The Morgan fingerprint density at radius 3 is 2.02 bits per heavy atom. The molecule has 5 aromatic carbocycles. The van der Waals surface area contributed by atoms with Gasteiger partial charge in [-0.3, -0.25) is 28.8 Å². The van der Waals surface area contributed by atoms with Crippen molar-refractivity contribution in [2.45, 2.75) is 162 Å². The summed E-state index contributed by atoms with van der Waals surface area (Å²) >= 11 is 0. The molecule has 103 heavy (non-hydrogen) atoms. The second-order valence-corrected chi connectivity index (χ2v) is 30.9. The summed E-state index contributed by atoms with van der Waals surface area (Å²) in [5, 5.41) is 15.4. The second kappa shape index (κ2) is 31.9. The van der Waals surface area contributed by atoms with Crippen LogP contribution in [0.2, 0.25) is 0 Å². The first-order valence-electron chi connectivity index (χ1n) is 37.4. The van der Waals surface area contributed by atoms with Crippen molar-refractivity contribution in [2.75, 3.05) is 109 Å². The van der Waals surface area contributed by atoms with Gasteiger partial charge in [-0.25, -0.2) is 19.5 Å². The number of Topliss-reactive ketones (excluding diaryl/α,β-unsaturated/α-hetero) is 2. The summed E-state index contributed by atoms with van der Waals surface area (Å²) in [7, 11) is 4.36. The molecule has 7 N–H and O–H groups in total. The monoisotopic (exact) mass is 1400 g/mol. The van der Waals surface area contributed by atoms with Gasteiger partial charge in [-0.2, -0.15) is 0 Å². The molecule has 3 unspecified atom stereocenters. The number of ether oxygens (including phenoxy) is 2. The number of fused-ring (bicyclic) bond motifs is 11. The Morgan fingerprint density at radius 2 is 1.37 bits per heavy atom. The summed E-state index contributed by atoms with van der Waals surface area (Å²) in [6, 6.07) is 32.3. The lowest BCUT2D eigenvalue weighted by Crippen LogP contribution is -2.57. The van der Waals surface area contributed by atoms with Crippen LogP contribution in [0.1, 0.15) is 137 Å². The van der Waals surface area contributed by atoms with E-state index in [1.54, 1.807) is 9.58 Å². The molecule has 12 rings (SSSR count). The molecule has 3 atom stereocenters. The van der Waals surface area contributed by atoms with Crippen LogP contribution in [-0.4, -0.2) is 189 Å². The smallest absolute Gasteiger partial charge is 0.287 e. The minimum atomic E-state index is -1.04. The third-order valence-corrected chi connectivity index (χ3v) is 21.6. The number of ketones is 2. The van der Waals surface area contributed by atoms with E-state index in [1.807, 2.05) is 39.1 Å². The molecule has 4 aromatic heterocycles. The van der Waals surface area contributed by atoms with E-state index in [4.69, 9.17) is 25.2 Å². The Labute approximate surface area is 606 Å². The zero-order valence-electron chi connectivity index (χ0n) is 62.5. The molecular formula is C80H108N17O6+. The number of likely N-dealkylation sites (N-methyl/N-ethyl adjacent to an activating group) is 2. The number of imidazole rings is 3. The van der Waals surface area contributed by atoms with Crippen LogP contribution < -0.4 is 40.2 Å². The summed E-state index contributed by atoms with van der Waals surface area (Å²) in [5.74, 6) is 3.19. The van der Waals surface area contributed by atoms with Gasteiger partial charge in [0.05, 0.1) is 65.2 Å². The van der Waals surface area contributed by atoms with Gasteiger partial charge in [0.25, 0.3) is 5.82 Å². The van der Waals surface area contributed by atoms with E-state index in [-0.39, 0.29) is 55.5 Å². The number of H-pyrrole nitrogens is 3. The molecule has 2 fully saturated rings. The highest BCUT2D eigenvalue weighted by Gasteiger charge is 2.40. The van der Waals surface area contributed by atoms with Gasteiger partial charge in [-0.05, 0) is 150 Å². The first-order valence-corrected chi connectivity index (χ1v) is 37.4. The number of aromatic nitrogens is 9. The van der Waals surface area contributed by atoms with E-state index in [1.165, 1.54) is 11.4 Å². The normalized spacial score (nSPS) is 20.9. The van der Waals surface area contributed by atoms with Crippen molar-refractivity contribution < 1.29 is 33.2 Å². The van der Waals surface area contributed by atoms with Gasteiger partial charge in [0.1, 0.15) is 35.5 Å². The number of hydrogen-bond donors (Lipinski definition) is 6. The average Bonchev–Trinajstić information content (AvgIpc) is 1.59. The zero-order chi connectivity index (χ0) is 72.7. The number of amides is 2. The molecule has 0 saturated carbocycles. The molecule has 548 valence electrons. The summed E-state index contributed by atoms with van der Waals surface area (Å²) in [6.07, 6.45) is 6.64. The predicted molar refractivity (Wildman–Crippen MR) is 408 cm³/mol. The largest absolute Gasteiger partial charge is 0.494 e. The Kier molecular flexibility index (Phi) is 22.8. The Morgan fingerprint density at radius 1 is 0.709 bits per heavy atom. The molecule has 0 spiro atoms. The number of rotatable bonds is 8. The topological polar surface area (TPSA) is 261 Å². The van der Waals surface area contributed by atoms with E-state index in [0.717, 1.165) is 143 Å². The van der Waals surface area contributed by atoms with Crippen LogP contribution in [0.5, 0.6) is 11.5 Å². The molecule has 7 heterocycles. The Balaban J connectivity index is 0.888. The number of hydrogen-bond acceptors (Lipinski definition) is 16. The van der Waals surface area contributed by atoms with Crippen LogP contribution in [0.15, 0.2) is 97.2 Å². The van der Waals surface area contributed by atoms with E-state index < -0.39 is 22.3 Å². The van der Waals surface area contributed by atoms with E-state index in [2.05, 4.69) is 195 Å². The maximum atomic E-state index is 14.3. The number of benzene rings is 5. The van der Waals surface area contributed by atoms with Gasteiger partial charge >= 0.3 is 0 Å². The fourth-order valence-corrected chi connectivity index (χ4v) is 14.8. The number of carbonyl (C=O) groups excluding carboxylic acids is 4. The summed E-state index contributed by atoms with van der Waals surface area (Å²) in [6.45, 7) is 29.2. The minimum Gasteiger partial charge on any atom is -0.494 e. The molecular weight excluding hydrogens is 1290 g/mol. The van der Waals surface area contributed by atoms with Crippen molar-refractivity contribution >= 4 is 67.9 Å². The van der Waals surface area contributed by atoms with E-state index in [0.29, 0.717) is 89.2 Å². The lowest BCUT2D eigenvalue weighted by molar-refractivity contribution is -0.668. The van der Waals surface area contributed by atoms with Crippen molar-refractivity contribution in [2.24, 2.45) is 11.7 Å². The Hall–Kier alpha value is -9.03. The van der Waals surface area contributed by atoms with E-state index in [9.17, 15) is 19.2 Å². The highest BCUT2D eigenvalue weighted by atomic mass is 16.5. The van der Waals surface area contributed by atoms with Crippen molar-refractivity contribution in [1.82, 2.24) is 65.2 Å². The van der Waals surface area contributed by atoms with Crippen LogP contribution in [-0.2, 0) is 49.6 Å². The Bertz CT molecular complexity index is 4470. The molecule has 23 nitrogen and oxygen atoms in total. The number of nitrogens with one attached hydrogen (secondary N) is 5. The first kappa shape index (κ1) is 73.7. The molecule has 4 bridgehead atoms. The molecule has 3 aliphatic heterocycles. The van der Waals surface area contributed by atoms with E-state index >= 15 is 0 Å². The molecule has 0 aliphatic carbocycles. The number of aromatic amines is 3. The molecule has 3 aliphatic rings. The lowest BCUT2D eigenvalue weighted by Gasteiger charge is -2.39. The molecule has 9 aromatic rings. The fraction of sp³-hybridized carbons (Fsp3) is 0.512. The summed E-state index contributed by atoms with van der Waals surface area (Å²) in [4.78, 5) is 87.6. The fourth-order valence-electron chi connectivity index (χ4n) is 14.8. The van der Waals surface area contributed by atoms with Gasteiger partial charge in [-0.1, -0.05) is 66.7 Å². The summed E-state index contributed by atoms with van der Waals surface area (Å²) < 4.78 is 17.8. The van der Waals surface area contributed by atoms with Gasteiger partial charge in [0.2, 0.25) is 11.8 Å². The SMILES string of the molecule is CCC1CCC(C)C(=O)CCCOc2cccc(c2)-c2[nH]c3cc(-c4nc5ccc(N6CCN(C)CC6)cc5[nH]4)ccc3[n+]2CC(C)(C)c2cc(-c3nc4ccc(N5CCN(C)CC5)cc4[nH]3)cc(C(C)(C)C)c2OCCCC(=O)NCCCn2cc(nn2)CN(CC(N)=O)C(C)(CC)C(=O)CN1. The highest BCUT2D eigenvalue weighted by Crippen LogP contribution is 2.44. The predicted octanol–water partition coefficient (Wildman–Crippen LogP) is 10.5. The number of anilines is 2. The van der Waals surface area contributed by atoms with Crippen LogP contribution in [0.3, 0.4) is 0 Å². The van der Waals surface area contributed by atoms with Gasteiger partial charge in [-0.15, -0.1) is 5.10 Å². The van der Waals surface area contributed by atoms with Crippen LogP contribution in [0.4, 0.5) is 11.4 Å². The third-order valence-electron chi connectivity index (χ3n) is 21.6. The average molecular weight is 1400 g/mol. The highest BCUT2D eigenvalue weighted by molar-refractivity contribution is 5.91. The maximum absolute atomic E-state index is 14.3. The minimum absolute atomic E-state index is 0.00185. The second-order valence-electron chi connectivity index (χ2n) is 30.9. The molecule has 2 saturated heterocycles. The third kappa shape index (κ3) is 17.5. The molecule has 23 heteroatoms. The molecule has 2 amide bonds. The van der Waals surface area contributed by atoms with Crippen molar-refractivity contribution in [1.29, 1.82) is 0 Å². The van der Waals surface area contributed by atoms with Crippen LogP contribution in [0.25, 0.3) is 67.3 Å². The number of nitrogens with zero attached hydrogens (tertiary/aromatic N) is 11.